The van der Waals surface area contributed by atoms with Gasteiger partial charge in [0.2, 0.25) is 5.89 Å². The van der Waals surface area contributed by atoms with Crippen LogP contribution in [0.5, 0.6) is 0 Å². The third-order valence-corrected chi connectivity index (χ3v) is 3.21. The highest BCUT2D eigenvalue weighted by atomic mass is 16.3. The van der Waals surface area contributed by atoms with E-state index in [1.54, 1.807) is 0 Å². The van der Waals surface area contributed by atoms with E-state index in [-0.39, 0.29) is 30.1 Å². The number of nitrogens with zero attached hydrogens (tertiary/aromatic N) is 1. The monoisotopic (exact) mass is 253 g/mol. The number of aromatic nitrogens is 1. The van der Waals surface area contributed by atoms with Gasteiger partial charge in [-0.3, -0.25) is 4.79 Å². The van der Waals surface area contributed by atoms with E-state index < -0.39 is 6.04 Å². The molecular weight excluding hydrogens is 234 g/mol. The number of amides is 1. The van der Waals surface area contributed by atoms with Crippen molar-refractivity contribution < 1.29 is 14.3 Å². The quantitative estimate of drug-likeness (QED) is 0.734. The largest absolute Gasteiger partial charge is 0.446 e. The Morgan fingerprint density at radius 1 is 1.56 bits per heavy atom. The number of carbonyl (C=O) groups is 1. The van der Waals surface area contributed by atoms with Gasteiger partial charge in [0.05, 0.1) is 6.61 Å². The molecule has 0 aliphatic heterocycles. The molecule has 1 fully saturated rings. The standard InChI is InChI=1S/C12H19N3O3/c13-9(6-16)12-15-10(7-18-12)11(17)14-8-4-2-1-3-5-8/h7-9,16H,1-6,13H2,(H,14,17). The summed E-state index contributed by atoms with van der Waals surface area (Å²) in [6, 6.07) is -0.445. The number of aliphatic hydroxyl groups excluding tert-OH is 1. The molecule has 2 rings (SSSR count). The van der Waals surface area contributed by atoms with Gasteiger partial charge in [0.1, 0.15) is 12.3 Å². The smallest absolute Gasteiger partial charge is 0.273 e. The maximum atomic E-state index is 11.9. The first-order valence-corrected chi connectivity index (χ1v) is 6.33. The van der Waals surface area contributed by atoms with Crippen LogP contribution in [0.4, 0.5) is 0 Å². The van der Waals surface area contributed by atoms with Gasteiger partial charge in [-0.2, -0.15) is 0 Å². The van der Waals surface area contributed by atoms with Crippen LogP contribution in [0.3, 0.4) is 0 Å². The minimum atomic E-state index is -0.679. The molecule has 1 atom stereocenters. The Labute approximate surface area is 106 Å². The maximum absolute atomic E-state index is 11.9. The van der Waals surface area contributed by atoms with Crippen molar-refractivity contribution in [2.24, 2.45) is 5.73 Å². The molecule has 100 valence electrons. The summed E-state index contributed by atoms with van der Waals surface area (Å²) in [5, 5.41) is 11.8. The second kappa shape index (κ2) is 5.97. The SMILES string of the molecule is NC(CO)c1nc(C(=O)NC2CCCCC2)co1. The minimum Gasteiger partial charge on any atom is -0.446 e. The Morgan fingerprint density at radius 2 is 2.28 bits per heavy atom. The lowest BCUT2D eigenvalue weighted by molar-refractivity contribution is 0.0922. The number of oxazole rings is 1. The van der Waals surface area contributed by atoms with Gasteiger partial charge in [-0.05, 0) is 12.8 Å². The first-order valence-electron chi connectivity index (χ1n) is 6.33. The molecule has 1 aliphatic rings. The fourth-order valence-corrected chi connectivity index (χ4v) is 2.15. The fraction of sp³-hybridized carbons (Fsp3) is 0.667. The van der Waals surface area contributed by atoms with Gasteiger partial charge in [-0.1, -0.05) is 19.3 Å². The number of nitrogens with two attached hydrogens (primary N) is 1. The molecule has 6 heteroatoms. The molecule has 1 aromatic heterocycles. The summed E-state index contributed by atoms with van der Waals surface area (Å²) in [7, 11) is 0. The van der Waals surface area contributed by atoms with E-state index in [2.05, 4.69) is 10.3 Å². The van der Waals surface area contributed by atoms with E-state index >= 15 is 0 Å². The van der Waals surface area contributed by atoms with Crippen LogP contribution in [0.15, 0.2) is 10.7 Å². The van der Waals surface area contributed by atoms with Crippen LogP contribution in [0.1, 0.15) is 54.5 Å². The third-order valence-electron chi connectivity index (χ3n) is 3.21. The Hall–Kier alpha value is -1.40. The molecule has 1 aromatic rings. The summed E-state index contributed by atoms with van der Waals surface area (Å²) < 4.78 is 5.07. The molecule has 1 amide bonds. The van der Waals surface area contributed by atoms with E-state index in [1.807, 2.05) is 0 Å². The molecule has 1 saturated carbocycles. The van der Waals surface area contributed by atoms with Crippen molar-refractivity contribution in [1.82, 2.24) is 10.3 Å². The molecule has 0 spiro atoms. The van der Waals surface area contributed by atoms with Crippen LogP contribution in [-0.2, 0) is 0 Å². The molecular formula is C12H19N3O3. The van der Waals surface area contributed by atoms with Crippen LogP contribution in [0.2, 0.25) is 0 Å². The summed E-state index contributed by atoms with van der Waals surface area (Å²) in [5.41, 5.74) is 5.78. The lowest BCUT2D eigenvalue weighted by atomic mass is 9.95. The predicted molar refractivity (Wildman–Crippen MR) is 64.9 cm³/mol. The summed E-state index contributed by atoms with van der Waals surface area (Å²) in [5.74, 6) is -0.0478. The lowest BCUT2D eigenvalue weighted by Crippen LogP contribution is -2.36. The number of nitrogens with one attached hydrogen (secondary N) is 1. The number of aliphatic hydroxyl groups is 1. The Kier molecular flexibility index (Phi) is 4.33. The van der Waals surface area contributed by atoms with Crippen molar-refractivity contribution in [3.8, 4) is 0 Å². The normalized spacial score (nSPS) is 18.6. The Balaban J connectivity index is 1.93. The first-order chi connectivity index (χ1) is 8.70. The molecule has 1 unspecified atom stereocenters. The minimum absolute atomic E-state index is 0.186. The highest BCUT2D eigenvalue weighted by Gasteiger charge is 2.20. The summed E-state index contributed by atoms with van der Waals surface area (Å²) >= 11 is 0. The van der Waals surface area contributed by atoms with Crippen molar-refractivity contribution in [3.63, 3.8) is 0 Å². The predicted octanol–water partition coefficient (Wildman–Crippen LogP) is 0.729. The lowest BCUT2D eigenvalue weighted by Gasteiger charge is -2.22. The average Bonchev–Trinajstić information content (AvgIpc) is 2.88. The van der Waals surface area contributed by atoms with Gasteiger partial charge in [0.15, 0.2) is 5.69 Å². The molecule has 0 aromatic carbocycles. The molecule has 1 heterocycles. The van der Waals surface area contributed by atoms with Gasteiger partial charge >= 0.3 is 0 Å². The van der Waals surface area contributed by atoms with Gasteiger partial charge < -0.3 is 20.6 Å². The van der Waals surface area contributed by atoms with Gasteiger partial charge in [-0.25, -0.2) is 4.98 Å². The van der Waals surface area contributed by atoms with Crippen LogP contribution in [-0.4, -0.2) is 28.6 Å². The molecule has 0 saturated heterocycles. The Morgan fingerprint density at radius 3 is 2.94 bits per heavy atom. The van der Waals surface area contributed by atoms with Crippen LogP contribution in [0, 0.1) is 0 Å². The number of hydrogen-bond acceptors (Lipinski definition) is 5. The molecule has 18 heavy (non-hydrogen) atoms. The van der Waals surface area contributed by atoms with E-state index in [4.69, 9.17) is 15.3 Å². The Bertz CT molecular complexity index is 399. The molecule has 6 nitrogen and oxygen atoms in total. The number of hydrogen-bond donors (Lipinski definition) is 3. The van der Waals surface area contributed by atoms with Crippen LogP contribution in [0.25, 0.3) is 0 Å². The zero-order valence-electron chi connectivity index (χ0n) is 10.3. The average molecular weight is 253 g/mol. The first kappa shape index (κ1) is 13.0. The van der Waals surface area contributed by atoms with E-state index in [0.29, 0.717) is 0 Å². The van der Waals surface area contributed by atoms with Crippen molar-refractivity contribution in [2.45, 2.75) is 44.2 Å². The molecule has 0 radical (unpaired) electrons. The van der Waals surface area contributed by atoms with Crippen LogP contribution >= 0.6 is 0 Å². The van der Waals surface area contributed by atoms with Crippen molar-refractivity contribution >= 4 is 5.91 Å². The summed E-state index contributed by atoms with van der Waals surface area (Å²) in [6.07, 6.45) is 6.88. The molecule has 4 N–H and O–H groups in total. The highest BCUT2D eigenvalue weighted by molar-refractivity contribution is 5.92. The number of rotatable bonds is 4. The topological polar surface area (TPSA) is 101 Å². The van der Waals surface area contributed by atoms with Crippen LogP contribution < -0.4 is 11.1 Å². The number of carbonyl (C=O) groups excluding carboxylic acids is 1. The van der Waals surface area contributed by atoms with Crippen molar-refractivity contribution in [1.29, 1.82) is 0 Å². The zero-order valence-corrected chi connectivity index (χ0v) is 10.3. The van der Waals surface area contributed by atoms with Gasteiger partial charge in [-0.15, -0.1) is 0 Å². The summed E-state index contributed by atoms with van der Waals surface area (Å²) in [4.78, 5) is 15.9. The van der Waals surface area contributed by atoms with E-state index in [9.17, 15) is 4.79 Å². The van der Waals surface area contributed by atoms with Crippen molar-refractivity contribution in [2.75, 3.05) is 6.61 Å². The second-order valence-corrected chi connectivity index (χ2v) is 4.67. The molecule has 0 bridgehead atoms. The van der Waals surface area contributed by atoms with Crippen molar-refractivity contribution in [3.05, 3.63) is 17.8 Å². The zero-order chi connectivity index (χ0) is 13.0. The highest BCUT2D eigenvalue weighted by Crippen LogP contribution is 2.18. The van der Waals surface area contributed by atoms with E-state index in [0.717, 1.165) is 25.7 Å². The van der Waals surface area contributed by atoms with Gasteiger partial charge in [0.25, 0.3) is 5.91 Å². The van der Waals surface area contributed by atoms with E-state index in [1.165, 1.54) is 12.7 Å². The van der Waals surface area contributed by atoms with Gasteiger partial charge in [0, 0.05) is 6.04 Å². The summed E-state index contributed by atoms with van der Waals surface area (Å²) in [6.45, 7) is -0.260. The third kappa shape index (κ3) is 3.08. The second-order valence-electron chi connectivity index (χ2n) is 4.67. The maximum Gasteiger partial charge on any atom is 0.273 e. The molecule has 1 aliphatic carbocycles. The fourth-order valence-electron chi connectivity index (χ4n) is 2.15.